The minimum atomic E-state index is 0.682. The molecule has 0 atom stereocenters. The Morgan fingerprint density at radius 1 is 1.20 bits per heavy atom. The van der Waals surface area contributed by atoms with Gasteiger partial charge in [-0.3, -0.25) is 0 Å². The third kappa shape index (κ3) is 1.10. The van der Waals surface area contributed by atoms with E-state index in [1.165, 1.54) is 6.33 Å². The van der Waals surface area contributed by atoms with Crippen molar-refractivity contribution in [2.75, 3.05) is 0 Å². The zero-order valence-corrected chi connectivity index (χ0v) is 7.78. The van der Waals surface area contributed by atoms with Gasteiger partial charge in [0.05, 0.1) is 12.0 Å². The fraction of sp³-hybridized carbons (Fsp3) is 0. The molecule has 0 spiro atoms. The summed E-state index contributed by atoms with van der Waals surface area (Å²) in [6.07, 6.45) is 6.62. The lowest BCUT2D eigenvalue weighted by molar-refractivity contribution is 0.198. The molecular formula is C10H8N4O. The van der Waals surface area contributed by atoms with Gasteiger partial charge in [-0.2, -0.15) is 4.73 Å². The standard InChI is InChI=1S/C10H8N4O/c15-14-7-12-10-8(2-1-3-9(10)14)13-5-4-11-6-13/h1-7,15H. The second-order valence-corrected chi connectivity index (χ2v) is 3.20. The zero-order valence-electron chi connectivity index (χ0n) is 7.78. The molecule has 0 aliphatic carbocycles. The smallest absolute Gasteiger partial charge is 0.133 e. The second-order valence-electron chi connectivity index (χ2n) is 3.20. The molecule has 0 saturated carbocycles. The van der Waals surface area contributed by atoms with Crippen LogP contribution in [-0.2, 0) is 0 Å². The van der Waals surface area contributed by atoms with Crippen molar-refractivity contribution in [1.82, 2.24) is 19.3 Å². The van der Waals surface area contributed by atoms with Crippen LogP contribution in [0.2, 0.25) is 0 Å². The van der Waals surface area contributed by atoms with E-state index in [0.29, 0.717) is 5.52 Å². The Bertz CT molecular complexity index is 597. The first-order chi connectivity index (χ1) is 7.36. The minimum absolute atomic E-state index is 0.682. The van der Waals surface area contributed by atoms with Crippen LogP contribution in [0.15, 0.2) is 43.2 Å². The highest BCUT2D eigenvalue weighted by atomic mass is 16.5. The number of nitrogens with zero attached hydrogens (tertiary/aromatic N) is 4. The molecule has 0 aliphatic heterocycles. The molecule has 5 nitrogen and oxygen atoms in total. The summed E-state index contributed by atoms with van der Waals surface area (Å²) in [6.45, 7) is 0. The van der Waals surface area contributed by atoms with E-state index in [1.807, 2.05) is 29.0 Å². The average Bonchev–Trinajstić information content (AvgIpc) is 2.88. The van der Waals surface area contributed by atoms with Gasteiger partial charge in [-0.25, -0.2) is 9.97 Å². The molecule has 3 rings (SSSR count). The van der Waals surface area contributed by atoms with Crippen molar-refractivity contribution in [3.8, 4) is 5.69 Å². The van der Waals surface area contributed by atoms with Gasteiger partial charge in [0.15, 0.2) is 0 Å². The van der Waals surface area contributed by atoms with Gasteiger partial charge in [-0.15, -0.1) is 0 Å². The molecule has 5 heteroatoms. The summed E-state index contributed by atoms with van der Waals surface area (Å²) in [5, 5.41) is 9.46. The van der Waals surface area contributed by atoms with Crippen molar-refractivity contribution in [2.45, 2.75) is 0 Å². The normalized spacial score (nSPS) is 10.9. The van der Waals surface area contributed by atoms with Crippen molar-refractivity contribution >= 4 is 11.0 Å². The van der Waals surface area contributed by atoms with Crippen LogP contribution in [0.25, 0.3) is 16.7 Å². The van der Waals surface area contributed by atoms with Crippen LogP contribution in [-0.4, -0.2) is 24.5 Å². The SMILES string of the molecule is On1cnc2c(-n3ccnc3)cccc21. The second kappa shape index (κ2) is 2.84. The molecule has 0 unspecified atom stereocenters. The summed E-state index contributed by atoms with van der Waals surface area (Å²) in [5.41, 5.74) is 2.33. The summed E-state index contributed by atoms with van der Waals surface area (Å²) >= 11 is 0. The number of hydrogen-bond donors (Lipinski definition) is 1. The highest BCUT2D eigenvalue weighted by Gasteiger charge is 2.07. The molecular weight excluding hydrogens is 192 g/mol. The number of aromatic nitrogens is 4. The van der Waals surface area contributed by atoms with Crippen LogP contribution >= 0.6 is 0 Å². The van der Waals surface area contributed by atoms with Crippen molar-refractivity contribution in [1.29, 1.82) is 0 Å². The summed E-state index contributed by atoms with van der Waals surface area (Å²) < 4.78 is 2.87. The van der Waals surface area contributed by atoms with Gasteiger partial charge in [0, 0.05) is 12.4 Å². The Morgan fingerprint density at radius 3 is 2.93 bits per heavy atom. The summed E-state index contributed by atoms with van der Waals surface area (Å²) in [5.74, 6) is 0. The first kappa shape index (κ1) is 8.05. The number of hydrogen-bond acceptors (Lipinski definition) is 3. The van der Waals surface area contributed by atoms with Crippen LogP contribution in [0.5, 0.6) is 0 Å². The lowest BCUT2D eigenvalue weighted by atomic mass is 10.2. The molecule has 0 aliphatic rings. The van der Waals surface area contributed by atoms with Crippen LogP contribution in [0.3, 0.4) is 0 Å². The highest BCUT2D eigenvalue weighted by molar-refractivity contribution is 5.83. The maximum atomic E-state index is 9.46. The molecule has 15 heavy (non-hydrogen) atoms. The monoisotopic (exact) mass is 200 g/mol. The molecule has 0 amide bonds. The molecule has 0 fully saturated rings. The van der Waals surface area contributed by atoms with E-state index >= 15 is 0 Å². The molecule has 1 N–H and O–H groups in total. The van der Waals surface area contributed by atoms with E-state index in [4.69, 9.17) is 0 Å². The zero-order chi connectivity index (χ0) is 10.3. The Kier molecular flexibility index (Phi) is 1.53. The highest BCUT2D eigenvalue weighted by Crippen LogP contribution is 2.19. The molecule has 1 aromatic carbocycles. The van der Waals surface area contributed by atoms with Crippen molar-refractivity contribution in [3.05, 3.63) is 43.2 Å². The maximum absolute atomic E-state index is 9.46. The first-order valence-electron chi connectivity index (χ1n) is 4.50. The Morgan fingerprint density at radius 2 is 2.13 bits per heavy atom. The maximum Gasteiger partial charge on any atom is 0.133 e. The minimum Gasteiger partial charge on any atom is -0.427 e. The van der Waals surface area contributed by atoms with Gasteiger partial charge in [-0.05, 0) is 12.1 Å². The van der Waals surface area contributed by atoms with Crippen LogP contribution in [0.1, 0.15) is 0 Å². The third-order valence-electron chi connectivity index (χ3n) is 2.32. The van der Waals surface area contributed by atoms with E-state index in [2.05, 4.69) is 9.97 Å². The van der Waals surface area contributed by atoms with E-state index in [-0.39, 0.29) is 0 Å². The predicted octanol–water partition coefficient (Wildman–Crippen LogP) is 1.46. The van der Waals surface area contributed by atoms with Gasteiger partial charge >= 0.3 is 0 Å². The van der Waals surface area contributed by atoms with Gasteiger partial charge in [0.2, 0.25) is 0 Å². The van der Waals surface area contributed by atoms with Gasteiger partial charge in [0.1, 0.15) is 17.4 Å². The van der Waals surface area contributed by atoms with Gasteiger partial charge in [0.25, 0.3) is 0 Å². The molecule has 0 bridgehead atoms. The van der Waals surface area contributed by atoms with Crippen LogP contribution < -0.4 is 0 Å². The lowest BCUT2D eigenvalue weighted by Gasteiger charge is -2.02. The molecule has 2 heterocycles. The number of imidazole rings is 2. The number of benzene rings is 1. The van der Waals surface area contributed by atoms with Crippen molar-refractivity contribution < 1.29 is 5.21 Å². The molecule has 2 aromatic heterocycles. The predicted molar refractivity (Wildman–Crippen MR) is 54.0 cm³/mol. The van der Waals surface area contributed by atoms with Gasteiger partial charge < -0.3 is 9.77 Å². The number of fused-ring (bicyclic) bond motifs is 1. The fourth-order valence-electron chi connectivity index (χ4n) is 1.62. The lowest BCUT2D eigenvalue weighted by Crippen LogP contribution is -1.92. The Balaban J connectivity index is 2.36. The quantitative estimate of drug-likeness (QED) is 0.605. The Hall–Kier alpha value is -2.30. The van der Waals surface area contributed by atoms with E-state index in [0.717, 1.165) is 15.9 Å². The van der Waals surface area contributed by atoms with Crippen LogP contribution in [0.4, 0.5) is 0 Å². The fourth-order valence-corrected chi connectivity index (χ4v) is 1.62. The van der Waals surface area contributed by atoms with E-state index in [9.17, 15) is 5.21 Å². The first-order valence-corrected chi connectivity index (χ1v) is 4.50. The summed E-state index contributed by atoms with van der Waals surface area (Å²) in [7, 11) is 0. The molecule has 0 radical (unpaired) electrons. The molecule has 3 aromatic rings. The van der Waals surface area contributed by atoms with Crippen molar-refractivity contribution in [2.24, 2.45) is 0 Å². The molecule has 0 saturated heterocycles. The van der Waals surface area contributed by atoms with E-state index in [1.54, 1.807) is 12.5 Å². The number of rotatable bonds is 1. The average molecular weight is 200 g/mol. The van der Waals surface area contributed by atoms with Crippen molar-refractivity contribution in [3.63, 3.8) is 0 Å². The molecule has 74 valence electrons. The van der Waals surface area contributed by atoms with Gasteiger partial charge in [-0.1, -0.05) is 6.07 Å². The van der Waals surface area contributed by atoms with E-state index < -0.39 is 0 Å². The van der Waals surface area contributed by atoms with Crippen LogP contribution in [0, 0.1) is 0 Å². The largest absolute Gasteiger partial charge is 0.427 e. The summed E-state index contributed by atoms with van der Waals surface area (Å²) in [4.78, 5) is 8.12. The summed E-state index contributed by atoms with van der Waals surface area (Å²) in [6, 6.07) is 5.60. The Labute approximate surface area is 85.2 Å². The topological polar surface area (TPSA) is 55.9 Å². The third-order valence-corrected chi connectivity index (χ3v) is 2.32. The number of para-hydroxylation sites is 1.